The fourth-order valence-corrected chi connectivity index (χ4v) is 2.37. The second-order valence-corrected chi connectivity index (χ2v) is 5.10. The van der Waals surface area contributed by atoms with Gasteiger partial charge in [0.2, 0.25) is 5.91 Å². The molecular weight excluding hydrogens is 262 g/mol. The third kappa shape index (κ3) is 3.95. The lowest BCUT2D eigenvalue weighted by atomic mass is 10.0. The van der Waals surface area contributed by atoms with Crippen molar-refractivity contribution < 1.29 is 4.79 Å². The standard InChI is InChI=1S/C14H16ClN3O/c15-11-4-6-12(7-5-11)17-14(19)10-18-8-2-1-3-13(18)9-16/h4-7,13H,1-3,8,10H2,(H,17,19). The van der Waals surface area contributed by atoms with Gasteiger partial charge in [0, 0.05) is 10.7 Å². The first-order valence-corrected chi connectivity index (χ1v) is 6.76. The molecule has 0 spiro atoms. The summed E-state index contributed by atoms with van der Waals surface area (Å²) in [6, 6.07) is 9.11. The van der Waals surface area contributed by atoms with Crippen LogP contribution < -0.4 is 5.32 Å². The summed E-state index contributed by atoms with van der Waals surface area (Å²) in [5.74, 6) is -0.0931. The average molecular weight is 278 g/mol. The Labute approximate surface area is 118 Å². The first-order valence-electron chi connectivity index (χ1n) is 6.38. The summed E-state index contributed by atoms with van der Waals surface area (Å²) in [4.78, 5) is 13.9. The fraction of sp³-hybridized carbons (Fsp3) is 0.429. The van der Waals surface area contributed by atoms with E-state index in [0.717, 1.165) is 31.5 Å². The van der Waals surface area contributed by atoms with Crippen molar-refractivity contribution in [2.24, 2.45) is 0 Å². The minimum atomic E-state index is -0.135. The van der Waals surface area contributed by atoms with E-state index in [1.54, 1.807) is 24.3 Å². The van der Waals surface area contributed by atoms with E-state index in [-0.39, 0.29) is 18.5 Å². The summed E-state index contributed by atoms with van der Waals surface area (Å²) < 4.78 is 0. The Balaban J connectivity index is 1.90. The third-order valence-electron chi connectivity index (χ3n) is 3.24. The smallest absolute Gasteiger partial charge is 0.238 e. The van der Waals surface area contributed by atoms with Crippen LogP contribution in [0.2, 0.25) is 5.02 Å². The van der Waals surface area contributed by atoms with E-state index in [4.69, 9.17) is 16.9 Å². The molecule has 0 bridgehead atoms. The van der Waals surface area contributed by atoms with Gasteiger partial charge in [-0.1, -0.05) is 11.6 Å². The lowest BCUT2D eigenvalue weighted by Gasteiger charge is -2.30. The molecule has 2 rings (SSSR count). The predicted molar refractivity (Wildman–Crippen MR) is 74.9 cm³/mol. The molecule has 1 N–H and O–H groups in total. The van der Waals surface area contributed by atoms with Crippen LogP contribution in [0, 0.1) is 11.3 Å². The van der Waals surface area contributed by atoms with Crippen molar-refractivity contribution in [3.63, 3.8) is 0 Å². The van der Waals surface area contributed by atoms with Crippen molar-refractivity contribution in [1.82, 2.24) is 4.90 Å². The van der Waals surface area contributed by atoms with Crippen LogP contribution in [0.1, 0.15) is 19.3 Å². The number of nitrogens with zero attached hydrogens (tertiary/aromatic N) is 2. The molecule has 19 heavy (non-hydrogen) atoms. The second kappa shape index (κ2) is 6.55. The van der Waals surface area contributed by atoms with E-state index in [0.29, 0.717) is 5.02 Å². The summed E-state index contributed by atoms with van der Waals surface area (Å²) >= 11 is 5.78. The quantitative estimate of drug-likeness (QED) is 0.924. The molecule has 4 nitrogen and oxygen atoms in total. The molecule has 1 unspecified atom stereocenters. The Hall–Kier alpha value is -1.57. The normalized spacial score (nSPS) is 19.7. The maximum absolute atomic E-state index is 11.9. The summed E-state index contributed by atoms with van der Waals surface area (Å²) in [7, 11) is 0. The highest BCUT2D eigenvalue weighted by Crippen LogP contribution is 2.17. The van der Waals surface area contributed by atoms with Crippen molar-refractivity contribution in [3.8, 4) is 6.07 Å². The maximum Gasteiger partial charge on any atom is 0.238 e. The minimum absolute atomic E-state index is 0.0931. The van der Waals surface area contributed by atoms with Gasteiger partial charge in [-0.25, -0.2) is 0 Å². The lowest BCUT2D eigenvalue weighted by Crippen LogP contribution is -2.43. The molecule has 1 aromatic carbocycles. The molecule has 1 aliphatic rings. The number of carbonyl (C=O) groups excluding carboxylic acids is 1. The number of nitriles is 1. The predicted octanol–water partition coefficient (Wildman–Crippen LogP) is 2.66. The number of benzene rings is 1. The van der Waals surface area contributed by atoms with Crippen LogP contribution >= 0.6 is 11.6 Å². The molecule has 0 saturated carbocycles. The van der Waals surface area contributed by atoms with E-state index in [1.165, 1.54) is 0 Å². The van der Waals surface area contributed by atoms with Crippen LogP contribution in [0.4, 0.5) is 5.69 Å². The number of hydrogen-bond donors (Lipinski definition) is 1. The van der Waals surface area contributed by atoms with E-state index in [2.05, 4.69) is 11.4 Å². The number of nitrogens with one attached hydrogen (secondary N) is 1. The highest BCUT2D eigenvalue weighted by molar-refractivity contribution is 6.30. The van der Waals surface area contributed by atoms with Gasteiger partial charge < -0.3 is 5.32 Å². The Morgan fingerprint density at radius 2 is 2.16 bits per heavy atom. The SMILES string of the molecule is N#CC1CCCCN1CC(=O)Nc1ccc(Cl)cc1. The van der Waals surface area contributed by atoms with Gasteiger partial charge >= 0.3 is 0 Å². The largest absolute Gasteiger partial charge is 0.325 e. The fourth-order valence-electron chi connectivity index (χ4n) is 2.24. The number of hydrogen-bond acceptors (Lipinski definition) is 3. The van der Waals surface area contributed by atoms with Crippen molar-refractivity contribution in [2.45, 2.75) is 25.3 Å². The molecule has 0 aliphatic carbocycles. The zero-order chi connectivity index (χ0) is 13.7. The van der Waals surface area contributed by atoms with Gasteiger partial charge in [-0.2, -0.15) is 5.26 Å². The Bertz CT molecular complexity index is 480. The number of halogens is 1. The molecule has 0 aromatic heterocycles. The molecule has 0 radical (unpaired) electrons. The second-order valence-electron chi connectivity index (χ2n) is 4.67. The minimum Gasteiger partial charge on any atom is -0.325 e. The summed E-state index contributed by atoms with van der Waals surface area (Å²) in [5.41, 5.74) is 0.722. The van der Waals surface area contributed by atoms with Crippen LogP contribution in [-0.4, -0.2) is 29.9 Å². The first-order chi connectivity index (χ1) is 9.19. The van der Waals surface area contributed by atoms with Gasteiger partial charge in [0.1, 0.15) is 0 Å². The number of rotatable bonds is 3. The van der Waals surface area contributed by atoms with E-state index >= 15 is 0 Å². The van der Waals surface area contributed by atoms with Gasteiger partial charge in [-0.05, 0) is 50.1 Å². The van der Waals surface area contributed by atoms with Gasteiger partial charge in [0.25, 0.3) is 0 Å². The molecule has 1 aromatic rings. The van der Waals surface area contributed by atoms with Crippen LogP contribution in [0.3, 0.4) is 0 Å². The highest BCUT2D eigenvalue weighted by Gasteiger charge is 2.23. The number of amides is 1. The number of likely N-dealkylation sites (tertiary alicyclic amines) is 1. The number of carbonyl (C=O) groups is 1. The zero-order valence-electron chi connectivity index (χ0n) is 10.6. The summed E-state index contributed by atoms with van der Waals surface area (Å²) in [6.07, 6.45) is 2.96. The highest BCUT2D eigenvalue weighted by atomic mass is 35.5. The molecule has 1 fully saturated rings. The zero-order valence-corrected chi connectivity index (χ0v) is 11.4. The van der Waals surface area contributed by atoms with Crippen LogP contribution in [-0.2, 0) is 4.79 Å². The van der Waals surface area contributed by atoms with Crippen molar-refractivity contribution in [1.29, 1.82) is 5.26 Å². The molecule has 100 valence electrons. The number of anilines is 1. The Kier molecular flexibility index (Phi) is 4.78. The van der Waals surface area contributed by atoms with Crippen molar-refractivity contribution in [2.75, 3.05) is 18.4 Å². The Morgan fingerprint density at radius 3 is 2.84 bits per heavy atom. The first kappa shape index (κ1) is 13.9. The number of piperidine rings is 1. The molecule has 1 heterocycles. The molecule has 1 amide bonds. The maximum atomic E-state index is 11.9. The van der Waals surface area contributed by atoms with Crippen LogP contribution in [0.25, 0.3) is 0 Å². The molecule has 1 saturated heterocycles. The van der Waals surface area contributed by atoms with Crippen molar-refractivity contribution >= 4 is 23.2 Å². The van der Waals surface area contributed by atoms with Crippen LogP contribution in [0.5, 0.6) is 0 Å². The summed E-state index contributed by atoms with van der Waals surface area (Å²) in [6.45, 7) is 1.08. The van der Waals surface area contributed by atoms with Crippen molar-refractivity contribution in [3.05, 3.63) is 29.3 Å². The van der Waals surface area contributed by atoms with Crippen LogP contribution in [0.15, 0.2) is 24.3 Å². The van der Waals surface area contributed by atoms with E-state index < -0.39 is 0 Å². The molecule has 1 aliphatic heterocycles. The average Bonchev–Trinajstić information content (AvgIpc) is 2.42. The molecule has 1 atom stereocenters. The van der Waals surface area contributed by atoms with E-state index in [9.17, 15) is 4.79 Å². The topological polar surface area (TPSA) is 56.1 Å². The summed E-state index contributed by atoms with van der Waals surface area (Å²) in [5, 5.41) is 12.5. The van der Waals surface area contributed by atoms with Gasteiger partial charge in [0.05, 0.1) is 18.7 Å². The van der Waals surface area contributed by atoms with Gasteiger partial charge in [0.15, 0.2) is 0 Å². The van der Waals surface area contributed by atoms with Gasteiger partial charge in [-0.3, -0.25) is 9.69 Å². The monoisotopic (exact) mass is 277 g/mol. The van der Waals surface area contributed by atoms with Gasteiger partial charge in [-0.15, -0.1) is 0 Å². The molecule has 5 heteroatoms. The molecular formula is C14H16ClN3O. The lowest BCUT2D eigenvalue weighted by molar-refractivity contribution is -0.117. The third-order valence-corrected chi connectivity index (χ3v) is 3.49. The Morgan fingerprint density at radius 1 is 1.42 bits per heavy atom. The van der Waals surface area contributed by atoms with E-state index in [1.807, 2.05) is 4.90 Å².